The second kappa shape index (κ2) is 13.8. The topological polar surface area (TPSA) is 122 Å². The van der Waals surface area contributed by atoms with Gasteiger partial charge >= 0.3 is 0 Å². The molecule has 0 saturated carbocycles. The first-order chi connectivity index (χ1) is 17.8. The van der Waals surface area contributed by atoms with Crippen LogP contribution >= 0.6 is 11.8 Å². The first-order valence-corrected chi connectivity index (χ1v) is 14.0. The Hall–Kier alpha value is -3.33. The van der Waals surface area contributed by atoms with Gasteiger partial charge in [-0.2, -0.15) is 11.8 Å². The van der Waals surface area contributed by atoms with E-state index in [9.17, 15) is 19.2 Å². The van der Waals surface area contributed by atoms with Crippen LogP contribution in [0.15, 0.2) is 60.7 Å². The summed E-state index contributed by atoms with van der Waals surface area (Å²) in [7, 11) is 0. The highest BCUT2D eigenvalue weighted by Gasteiger charge is 2.38. The molecule has 0 aromatic heterocycles. The minimum absolute atomic E-state index is 0.201. The summed E-state index contributed by atoms with van der Waals surface area (Å²) in [5, 5.41) is 5.66. The summed E-state index contributed by atoms with van der Waals surface area (Å²) in [5.74, 6) is -1.44. The fourth-order valence-corrected chi connectivity index (χ4v) is 5.12. The van der Waals surface area contributed by atoms with E-state index in [-0.39, 0.29) is 24.2 Å². The summed E-state index contributed by atoms with van der Waals surface area (Å²) >= 11 is 1.46. The van der Waals surface area contributed by atoms with Crippen LogP contribution in [0, 0.1) is 5.92 Å². The molecule has 0 spiro atoms. The third kappa shape index (κ3) is 8.08. The van der Waals surface area contributed by atoms with E-state index < -0.39 is 29.9 Å². The average Bonchev–Trinajstić information content (AvgIpc) is 3.39. The van der Waals surface area contributed by atoms with Crippen molar-refractivity contribution in [3.05, 3.63) is 71.8 Å². The van der Waals surface area contributed by atoms with Crippen molar-refractivity contribution in [2.45, 2.75) is 50.7 Å². The Labute approximate surface area is 222 Å². The van der Waals surface area contributed by atoms with Crippen LogP contribution in [0.5, 0.6) is 0 Å². The minimum atomic E-state index is -0.881. The van der Waals surface area contributed by atoms with Gasteiger partial charge in [0.1, 0.15) is 18.1 Å². The molecule has 2 aromatic rings. The molecule has 0 aliphatic carbocycles. The van der Waals surface area contributed by atoms with E-state index in [2.05, 4.69) is 10.6 Å². The lowest BCUT2D eigenvalue weighted by molar-refractivity contribution is -0.141. The number of carbonyl (C=O) groups is 4. The predicted molar refractivity (Wildman–Crippen MR) is 146 cm³/mol. The van der Waals surface area contributed by atoms with Crippen LogP contribution in [-0.2, 0) is 32.0 Å². The lowest BCUT2D eigenvalue weighted by Gasteiger charge is -2.30. The number of hydrogen-bond donors (Lipinski definition) is 3. The van der Waals surface area contributed by atoms with Crippen LogP contribution in [0.4, 0.5) is 0 Å². The van der Waals surface area contributed by atoms with Crippen molar-refractivity contribution >= 4 is 35.4 Å². The molecule has 1 fully saturated rings. The van der Waals surface area contributed by atoms with Crippen LogP contribution < -0.4 is 16.4 Å². The first kappa shape index (κ1) is 28.2. The monoisotopic (exact) mass is 524 g/mol. The van der Waals surface area contributed by atoms with Crippen molar-refractivity contribution in [1.29, 1.82) is 0 Å². The molecule has 3 rings (SSSR count). The number of likely N-dealkylation sites (tertiary alicyclic amines) is 1. The summed E-state index contributed by atoms with van der Waals surface area (Å²) in [6.07, 6.45) is 3.85. The number of primary amides is 1. The molecule has 4 atom stereocenters. The Morgan fingerprint density at radius 2 is 1.54 bits per heavy atom. The van der Waals surface area contributed by atoms with E-state index in [0.29, 0.717) is 31.6 Å². The van der Waals surface area contributed by atoms with Gasteiger partial charge in [-0.15, -0.1) is 0 Å². The molecule has 1 saturated heterocycles. The Kier molecular flexibility index (Phi) is 10.6. The van der Waals surface area contributed by atoms with E-state index in [1.807, 2.05) is 73.8 Å². The van der Waals surface area contributed by atoms with E-state index in [0.717, 1.165) is 11.1 Å². The molecule has 1 heterocycles. The number of rotatable bonds is 12. The van der Waals surface area contributed by atoms with Crippen molar-refractivity contribution < 1.29 is 19.2 Å². The second-order valence-electron chi connectivity index (χ2n) is 9.45. The van der Waals surface area contributed by atoms with Gasteiger partial charge in [-0.25, -0.2) is 0 Å². The normalized spacial score (nSPS) is 17.5. The summed E-state index contributed by atoms with van der Waals surface area (Å²) in [6.45, 7) is 2.25. The number of nitrogens with zero attached hydrogens (tertiary/aromatic N) is 1. The maximum atomic E-state index is 13.5. The number of amides is 4. The first-order valence-electron chi connectivity index (χ1n) is 12.6. The molecule has 8 nitrogen and oxygen atoms in total. The molecule has 198 valence electrons. The fraction of sp³-hybridized carbons (Fsp3) is 0.429. The third-order valence-electron chi connectivity index (χ3n) is 6.56. The van der Waals surface area contributed by atoms with Crippen molar-refractivity contribution in [1.82, 2.24) is 15.5 Å². The maximum Gasteiger partial charge on any atom is 0.246 e. The van der Waals surface area contributed by atoms with Gasteiger partial charge in [0.2, 0.25) is 23.6 Å². The Balaban J connectivity index is 1.64. The van der Waals surface area contributed by atoms with Gasteiger partial charge in [0, 0.05) is 24.6 Å². The molecular weight excluding hydrogens is 488 g/mol. The zero-order valence-electron chi connectivity index (χ0n) is 21.4. The largest absolute Gasteiger partial charge is 0.368 e. The quantitative estimate of drug-likeness (QED) is 0.392. The number of hydrogen-bond acceptors (Lipinski definition) is 5. The van der Waals surface area contributed by atoms with E-state index in [4.69, 9.17) is 5.73 Å². The van der Waals surface area contributed by atoms with Gasteiger partial charge in [0.15, 0.2) is 0 Å². The molecule has 4 amide bonds. The lowest BCUT2D eigenvalue weighted by atomic mass is 10.00. The molecule has 0 bridgehead atoms. The summed E-state index contributed by atoms with van der Waals surface area (Å²) in [5.41, 5.74) is 7.49. The molecule has 4 unspecified atom stereocenters. The summed E-state index contributed by atoms with van der Waals surface area (Å²) in [4.78, 5) is 53.2. The summed E-state index contributed by atoms with van der Waals surface area (Å²) in [6, 6.07) is 16.7. The molecule has 4 N–H and O–H groups in total. The Morgan fingerprint density at radius 1 is 0.946 bits per heavy atom. The van der Waals surface area contributed by atoms with Crippen LogP contribution in [-0.4, -0.2) is 65.2 Å². The van der Waals surface area contributed by atoms with Gasteiger partial charge in [-0.05, 0) is 36.6 Å². The fourth-order valence-electron chi connectivity index (χ4n) is 4.56. The van der Waals surface area contributed by atoms with Gasteiger partial charge < -0.3 is 21.3 Å². The van der Waals surface area contributed by atoms with Crippen molar-refractivity contribution in [3.8, 4) is 0 Å². The van der Waals surface area contributed by atoms with Crippen LogP contribution in [0.1, 0.15) is 30.9 Å². The zero-order valence-corrected chi connectivity index (χ0v) is 22.2. The van der Waals surface area contributed by atoms with Crippen LogP contribution in [0.25, 0.3) is 0 Å². The zero-order chi connectivity index (χ0) is 26.8. The van der Waals surface area contributed by atoms with Gasteiger partial charge in [0.25, 0.3) is 0 Å². The van der Waals surface area contributed by atoms with E-state index in [1.54, 1.807) is 0 Å². The van der Waals surface area contributed by atoms with Crippen LogP contribution in [0.3, 0.4) is 0 Å². The molecule has 1 aliphatic rings. The highest BCUT2D eigenvalue weighted by atomic mass is 32.2. The smallest absolute Gasteiger partial charge is 0.246 e. The van der Waals surface area contributed by atoms with Crippen molar-refractivity contribution in [3.63, 3.8) is 0 Å². The molecular formula is C28H36N4O4S. The number of carbonyl (C=O) groups excluding carboxylic acids is 4. The maximum absolute atomic E-state index is 13.5. The molecule has 2 aromatic carbocycles. The van der Waals surface area contributed by atoms with Gasteiger partial charge in [-0.3, -0.25) is 19.2 Å². The molecule has 9 heteroatoms. The number of nitrogens with two attached hydrogens (primary N) is 1. The van der Waals surface area contributed by atoms with Gasteiger partial charge in [-0.1, -0.05) is 67.6 Å². The lowest BCUT2D eigenvalue weighted by Crippen LogP contribution is -2.57. The SMILES string of the molecule is CSCC(NC(=O)C(C)Cc1ccccc1)C(=O)N1CCCC1C(=O)NC(Cc1ccccc1)C(N)=O. The van der Waals surface area contributed by atoms with E-state index in [1.165, 1.54) is 16.7 Å². The minimum Gasteiger partial charge on any atom is -0.368 e. The standard InChI is InChI=1S/C28H36N4O4S/c1-19(16-20-10-5-3-6-11-20)26(34)31-23(18-37-2)28(36)32-15-9-14-24(32)27(35)30-22(25(29)33)17-21-12-7-4-8-13-21/h3-8,10-13,19,22-24H,9,14-18H2,1-2H3,(H2,29,33)(H,30,35)(H,31,34). The Morgan fingerprint density at radius 3 is 2.11 bits per heavy atom. The summed E-state index contributed by atoms with van der Waals surface area (Å²) < 4.78 is 0. The van der Waals surface area contributed by atoms with Crippen molar-refractivity contribution in [2.24, 2.45) is 11.7 Å². The molecule has 1 aliphatic heterocycles. The van der Waals surface area contributed by atoms with Crippen LogP contribution in [0.2, 0.25) is 0 Å². The highest BCUT2D eigenvalue weighted by Crippen LogP contribution is 2.20. The molecule has 37 heavy (non-hydrogen) atoms. The van der Waals surface area contributed by atoms with E-state index >= 15 is 0 Å². The predicted octanol–water partition coefficient (Wildman–Crippen LogP) is 1.92. The molecule has 0 radical (unpaired) electrons. The Bertz CT molecular complexity index is 1070. The van der Waals surface area contributed by atoms with Crippen molar-refractivity contribution in [2.75, 3.05) is 18.6 Å². The third-order valence-corrected chi connectivity index (χ3v) is 7.23. The number of benzene rings is 2. The number of thioether (sulfide) groups is 1. The average molecular weight is 525 g/mol. The highest BCUT2D eigenvalue weighted by molar-refractivity contribution is 7.98. The van der Waals surface area contributed by atoms with Gasteiger partial charge in [0.05, 0.1) is 0 Å². The number of nitrogens with one attached hydrogen (secondary N) is 2. The second-order valence-corrected chi connectivity index (χ2v) is 10.4.